The molecule has 7 N–H and O–H groups in total. The Bertz CT molecular complexity index is 932. The zero-order chi connectivity index (χ0) is 22.8. The van der Waals surface area contributed by atoms with E-state index in [1.165, 1.54) is 11.8 Å². The normalized spacial score (nSPS) is 12.7. The smallest absolute Gasteiger partial charge is 0.326 e. The third-order valence-electron chi connectivity index (χ3n) is 4.61. The average Bonchev–Trinajstić information content (AvgIpc) is 3.17. The summed E-state index contributed by atoms with van der Waals surface area (Å²) in [6.07, 6.45) is 3.98. The summed E-state index contributed by atoms with van der Waals surface area (Å²) in [5, 5.41) is 17.7. The Morgan fingerprint density at radius 1 is 1.13 bits per heavy atom. The Hall–Kier alpha value is -3.05. The summed E-state index contributed by atoms with van der Waals surface area (Å²) < 4.78 is 0. The van der Waals surface area contributed by atoms with Crippen LogP contribution in [-0.4, -0.2) is 71.0 Å². The number of aromatic amines is 1. The summed E-state index contributed by atoms with van der Waals surface area (Å²) in [6.45, 7) is -0.606. The van der Waals surface area contributed by atoms with Gasteiger partial charge in [-0.3, -0.25) is 14.4 Å². The minimum Gasteiger partial charge on any atom is -0.480 e. The molecule has 0 aliphatic heterocycles. The number of carboxylic acid groups (broad SMARTS) is 1. The van der Waals surface area contributed by atoms with Crippen LogP contribution in [0.3, 0.4) is 0 Å². The lowest BCUT2D eigenvalue weighted by Gasteiger charge is -2.21. The number of hydrogen-bond donors (Lipinski definition) is 6. The highest BCUT2D eigenvalue weighted by Crippen LogP contribution is 2.19. The van der Waals surface area contributed by atoms with Gasteiger partial charge < -0.3 is 31.8 Å². The van der Waals surface area contributed by atoms with Crippen LogP contribution >= 0.6 is 11.8 Å². The lowest BCUT2D eigenvalue weighted by molar-refractivity contribution is -0.142. The van der Waals surface area contributed by atoms with Gasteiger partial charge in [0.2, 0.25) is 17.7 Å². The number of para-hydroxylation sites is 1. The molecule has 2 unspecified atom stereocenters. The van der Waals surface area contributed by atoms with Crippen molar-refractivity contribution >= 4 is 46.4 Å². The number of aliphatic carboxylic acids is 1. The molecule has 2 rings (SSSR count). The number of aromatic nitrogens is 1. The van der Waals surface area contributed by atoms with Gasteiger partial charge in [-0.1, -0.05) is 18.2 Å². The number of nitrogens with two attached hydrogens (primary N) is 1. The molecule has 0 aliphatic carbocycles. The van der Waals surface area contributed by atoms with E-state index in [2.05, 4.69) is 20.9 Å². The van der Waals surface area contributed by atoms with Crippen LogP contribution < -0.4 is 21.7 Å². The largest absolute Gasteiger partial charge is 0.480 e. The van der Waals surface area contributed by atoms with Gasteiger partial charge in [0.15, 0.2) is 0 Å². The standard InChI is InChI=1S/C20H27N5O5S/c1-31-7-6-15(20(29)30)25-19(28)16(24-18(27)11-23-17(26)9-21)8-12-10-22-14-5-3-2-4-13(12)14/h2-5,10,15-16,22H,6-9,11,21H2,1H3,(H,23,26)(H,24,27)(H,25,28)(H,29,30). The van der Waals surface area contributed by atoms with Crippen LogP contribution in [0.4, 0.5) is 0 Å². The highest BCUT2D eigenvalue weighted by Gasteiger charge is 2.27. The number of benzene rings is 1. The maximum absolute atomic E-state index is 12.9. The predicted octanol–water partition coefficient (Wildman–Crippen LogP) is -0.407. The van der Waals surface area contributed by atoms with Crippen molar-refractivity contribution in [2.75, 3.05) is 25.1 Å². The van der Waals surface area contributed by atoms with Crippen molar-refractivity contribution < 1.29 is 24.3 Å². The molecule has 11 heteroatoms. The first-order chi connectivity index (χ1) is 14.8. The van der Waals surface area contributed by atoms with Gasteiger partial charge in [0.05, 0.1) is 13.1 Å². The van der Waals surface area contributed by atoms with Gasteiger partial charge in [0.25, 0.3) is 0 Å². The fourth-order valence-electron chi connectivity index (χ4n) is 2.99. The van der Waals surface area contributed by atoms with Gasteiger partial charge >= 0.3 is 5.97 Å². The number of fused-ring (bicyclic) bond motifs is 1. The lowest BCUT2D eigenvalue weighted by Crippen LogP contribution is -2.54. The van der Waals surface area contributed by atoms with E-state index in [1.54, 1.807) is 6.20 Å². The summed E-state index contributed by atoms with van der Waals surface area (Å²) in [5.74, 6) is -2.29. The first-order valence-corrected chi connectivity index (χ1v) is 11.1. The molecule has 31 heavy (non-hydrogen) atoms. The predicted molar refractivity (Wildman–Crippen MR) is 119 cm³/mol. The van der Waals surface area contributed by atoms with Crippen LogP contribution in [0.2, 0.25) is 0 Å². The molecule has 0 fully saturated rings. The van der Waals surface area contributed by atoms with E-state index in [0.717, 1.165) is 16.5 Å². The number of carbonyl (C=O) groups is 4. The molecule has 0 aliphatic rings. The first kappa shape index (κ1) is 24.2. The Labute approximate surface area is 183 Å². The number of rotatable bonds is 12. The maximum Gasteiger partial charge on any atom is 0.326 e. The third-order valence-corrected chi connectivity index (χ3v) is 5.25. The van der Waals surface area contributed by atoms with E-state index in [-0.39, 0.29) is 25.9 Å². The van der Waals surface area contributed by atoms with Crippen LogP contribution in [0, 0.1) is 0 Å². The molecule has 0 bridgehead atoms. The van der Waals surface area contributed by atoms with Gasteiger partial charge in [0.1, 0.15) is 12.1 Å². The minimum absolute atomic E-state index is 0.140. The van der Waals surface area contributed by atoms with E-state index in [0.29, 0.717) is 5.75 Å². The van der Waals surface area contributed by atoms with Crippen LogP contribution in [0.5, 0.6) is 0 Å². The van der Waals surface area contributed by atoms with Gasteiger partial charge in [0, 0.05) is 23.5 Å². The van der Waals surface area contributed by atoms with Gasteiger partial charge in [-0.15, -0.1) is 0 Å². The van der Waals surface area contributed by atoms with Crippen LogP contribution in [0.1, 0.15) is 12.0 Å². The van der Waals surface area contributed by atoms with E-state index in [9.17, 15) is 24.3 Å². The fraction of sp³-hybridized carbons (Fsp3) is 0.400. The Morgan fingerprint density at radius 3 is 2.55 bits per heavy atom. The van der Waals surface area contributed by atoms with Crippen molar-refractivity contribution in [3.63, 3.8) is 0 Å². The number of nitrogens with one attached hydrogen (secondary N) is 4. The zero-order valence-corrected chi connectivity index (χ0v) is 18.0. The van der Waals surface area contributed by atoms with Crippen LogP contribution in [0.15, 0.2) is 30.5 Å². The van der Waals surface area contributed by atoms with Crippen LogP contribution in [0.25, 0.3) is 10.9 Å². The molecule has 2 aromatic rings. The Morgan fingerprint density at radius 2 is 1.87 bits per heavy atom. The number of carbonyl (C=O) groups excluding carboxylic acids is 3. The van der Waals surface area contributed by atoms with E-state index in [4.69, 9.17) is 5.73 Å². The Kier molecular flexibility index (Phi) is 9.35. The second kappa shape index (κ2) is 12.0. The highest BCUT2D eigenvalue weighted by molar-refractivity contribution is 7.98. The summed E-state index contributed by atoms with van der Waals surface area (Å²) >= 11 is 1.47. The Balaban J connectivity index is 2.17. The number of H-pyrrole nitrogens is 1. The van der Waals surface area contributed by atoms with Crippen molar-refractivity contribution in [1.29, 1.82) is 0 Å². The molecule has 0 saturated heterocycles. The van der Waals surface area contributed by atoms with E-state index >= 15 is 0 Å². The molecule has 1 aromatic carbocycles. The molecule has 0 radical (unpaired) electrons. The van der Waals surface area contributed by atoms with Crippen molar-refractivity contribution in [2.45, 2.75) is 24.9 Å². The van der Waals surface area contributed by atoms with Gasteiger partial charge in [-0.25, -0.2) is 4.79 Å². The summed E-state index contributed by atoms with van der Waals surface area (Å²) in [6, 6.07) is 5.41. The van der Waals surface area contributed by atoms with Crippen LogP contribution in [-0.2, 0) is 25.6 Å². The summed E-state index contributed by atoms with van der Waals surface area (Å²) in [4.78, 5) is 51.1. The fourth-order valence-corrected chi connectivity index (χ4v) is 3.46. The molecule has 0 spiro atoms. The van der Waals surface area contributed by atoms with E-state index < -0.39 is 35.8 Å². The third kappa shape index (κ3) is 7.30. The minimum atomic E-state index is -1.14. The highest BCUT2D eigenvalue weighted by atomic mass is 32.2. The van der Waals surface area contributed by atoms with Gasteiger partial charge in [-0.2, -0.15) is 11.8 Å². The lowest BCUT2D eigenvalue weighted by atomic mass is 10.0. The summed E-state index contributed by atoms with van der Waals surface area (Å²) in [7, 11) is 0. The number of hydrogen-bond acceptors (Lipinski definition) is 6. The molecule has 168 valence electrons. The van der Waals surface area contributed by atoms with Crippen molar-refractivity contribution in [1.82, 2.24) is 20.9 Å². The molecule has 10 nitrogen and oxygen atoms in total. The van der Waals surface area contributed by atoms with Gasteiger partial charge in [-0.05, 0) is 30.1 Å². The van der Waals surface area contributed by atoms with Crippen molar-refractivity contribution in [2.24, 2.45) is 5.73 Å². The SMILES string of the molecule is CSCCC(NC(=O)C(Cc1c[nH]c2ccccc12)NC(=O)CNC(=O)CN)C(=O)O. The molecular formula is C20H27N5O5S. The molecule has 1 aromatic heterocycles. The monoisotopic (exact) mass is 449 g/mol. The number of carboxylic acids is 1. The second-order valence-electron chi connectivity index (χ2n) is 6.85. The first-order valence-electron chi connectivity index (χ1n) is 9.69. The van der Waals surface area contributed by atoms with E-state index in [1.807, 2.05) is 30.5 Å². The van der Waals surface area contributed by atoms with Crippen molar-refractivity contribution in [3.05, 3.63) is 36.0 Å². The quantitative estimate of drug-likeness (QED) is 0.256. The molecule has 3 amide bonds. The number of amides is 3. The molecule has 0 saturated carbocycles. The average molecular weight is 450 g/mol. The number of thioether (sulfide) groups is 1. The molecular weight excluding hydrogens is 422 g/mol. The molecule has 2 atom stereocenters. The zero-order valence-electron chi connectivity index (χ0n) is 17.1. The van der Waals surface area contributed by atoms with Crippen molar-refractivity contribution in [3.8, 4) is 0 Å². The maximum atomic E-state index is 12.9. The molecule has 1 heterocycles. The summed E-state index contributed by atoms with van der Waals surface area (Å²) in [5.41, 5.74) is 6.87. The second-order valence-corrected chi connectivity index (χ2v) is 7.83. The topological polar surface area (TPSA) is 166 Å².